The van der Waals surface area contributed by atoms with E-state index in [1.54, 1.807) is 37.3 Å². The van der Waals surface area contributed by atoms with E-state index in [2.05, 4.69) is 11.9 Å². The van der Waals surface area contributed by atoms with E-state index in [4.69, 9.17) is 5.73 Å². The van der Waals surface area contributed by atoms with E-state index >= 15 is 0 Å². The Morgan fingerprint density at radius 1 is 1.39 bits per heavy atom. The van der Waals surface area contributed by atoms with Gasteiger partial charge in [-0.2, -0.15) is 0 Å². The van der Waals surface area contributed by atoms with Crippen LogP contribution >= 0.6 is 0 Å². The lowest BCUT2D eigenvalue weighted by Gasteiger charge is -2.33. The van der Waals surface area contributed by atoms with Gasteiger partial charge in [-0.25, -0.2) is 8.78 Å². The molecule has 1 aromatic carbocycles. The summed E-state index contributed by atoms with van der Waals surface area (Å²) in [5.74, 6) is -4.18. The lowest BCUT2D eigenvalue weighted by atomic mass is 9.85. The van der Waals surface area contributed by atoms with Crippen LogP contribution in [0.25, 0.3) is 0 Å². The lowest BCUT2D eigenvalue weighted by molar-refractivity contribution is -0.0699. The molecule has 0 heterocycles. The third-order valence-electron chi connectivity index (χ3n) is 3.96. The number of benzene rings is 1. The van der Waals surface area contributed by atoms with Gasteiger partial charge >= 0.3 is 0 Å². The smallest absolute Gasteiger partial charge is 0.256 e. The SMILES string of the molecule is C=CCC(F)(F)C(CC)C(CCCN)NC(=O)c1ccccc1. The largest absolute Gasteiger partial charge is 0.349 e. The van der Waals surface area contributed by atoms with E-state index in [1.807, 2.05) is 0 Å². The molecule has 5 heteroatoms. The van der Waals surface area contributed by atoms with E-state index in [1.165, 1.54) is 6.08 Å². The summed E-state index contributed by atoms with van der Waals surface area (Å²) in [5.41, 5.74) is 5.98. The molecule has 1 amide bonds. The van der Waals surface area contributed by atoms with Crippen molar-refractivity contribution in [3.63, 3.8) is 0 Å². The molecular formula is C18H26F2N2O. The second-order valence-electron chi connectivity index (χ2n) is 5.65. The third kappa shape index (κ3) is 5.75. The molecule has 0 radical (unpaired) electrons. The second kappa shape index (κ2) is 9.40. The molecule has 128 valence electrons. The van der Waals surface area contributed by atoms with Gasteiger partial charge < -0.3 is 11.1 Å². The number of nitrogens with one attached hydrogen (secondary N) is 1. The Hall–Kier alpha value is -1.75. The fourth-order valence-corrected chi connectivity index (χ4v) is 2.77. The summed E-state index contributed by atoms with van der Waals surface area (Å²) >= 11 is 0. The number of carbonyl (C=O) groups excluding carboxylic acids is 1. The number of alkyl halides is 2. The highest BCUT2D eigenvalue weighted by Gasteiger charge is 2.42. The van der Waals surface area contributed by atoms with Crippen molar-refractivity contribution >= 4 is 5.91 Å². The van der Waals surface area contributed by atoms with Gasteiger partial charge in [0.15, 0.2) is 0 Å². The minimum atomic E-state index is -2.90. The zero-order chi connectivity index (χ0) is 17.3. The molecule has 0 fully saturated rings. The Labute approximate surface area is 137 Å². The first kappa shape index (κ1) is 19.3. The Morgan fingerprint density at radius 2 is 2.04 bits per heavy atom. The second-order valence-corrected chi connectivity index (χ2v) is 5.65. The van der Waals surface area contributed by atoms with Gasteiger partial charge in [0.25, 0.3) is 11.8 Å². The van der Waals surface area contributed by atoms with Crippen molar-refractivity contribution in [2.75, 3.05) is 6.54 Å². The van der Waals surface area contributed by atoms with Gasteiger partial charge in [-0.15, -0.1) is 6.58 Å². The number of amides is 1. The highest BCUT2D eigenvalue weighted by molar-refractivity contribution is 5.94. The molecular weight excluding hydrogens is 298 g/mol. The summed E-state index contributed by atoms with van der Waals surface area (Å²) in [6.07, 6.45) is 2.11. The molecule has 1 rings (SSSR count). The van der Waals surface area contributed by atoms with Gasteiger partial charge in [0.1, 0.15) is 0 Å². The van der Waals surface area contributed by atoms with Crippen molar-refractivity contribution in [2.45, 2.75) is 44.6 Å². The Morgan fingerprint density at radius 3 is 2.57 bits per heavy atom. The molecule has 0 saturated heterocycles. The van der Waals surface area contributed by atoms with Gasteiger partial charge in [0.05, 0.1) is 0 Å². The Kier molecular flexibility index (Phi) is 7.89. The highest BCUT2D eigenvalue weighted by atomic mass is 19.3. The molecule has 0 aliphatic carbocycles. The van der Waals surface area contributed by atoms with E-state index in [0.717, 1.165) is 0 Å². The van der Waals surface area contributed by atoms with Crippen LogP contribution in [-0.4, -0.2) is 24.4 Å². The molecule has 3 nitrogen and oxygen atoms in total. The number of hydrogen-bond donors (Lipinski definition) is 2. The summed E-state index contributed by atoms with van der Waals surface area (Å²) in [6.45, 7) is 5.52. The first-order valence-corrected chi connectivity index (χ1v) is 8.01. The van der Waals surface area contributed by atoms with Crippen molar-refractivity contribution in [2.24, 2.45) is 11.7 Å². The highest BCUT2D eigenvalue weighted by Crippen LogP contribution is 2.35. The maximum atomic E-state index is 14.4. The van der Waals surface area contributed by atoms with Crippen LogP contribution in [0.1, 0.15) is 43.0 Å². The molecule has 0 spiro atoms. The average molecular weight is 324 g/mol. The van der Waals surface area contributed by atoms with Crippen LogP contribution in [0.15, 0.2) is 43.0 Å². The fourth-order valence-electron chi connectivity index (χ4n) is 2.77. The minimum Gasteiger partial charge on any atom is -0.349 e. The molecule has 2 unspecified atom stereocenters. The Bertz CT molecular complexity index is 491. The molecule has 23 heavy (non-hydrogen) atoms. The van der Waals surface area contributed by atoms with Crippen molar-refractivity contribution in [1.29, 1.82) is 0 Å². The summed E-state index contributed by atoms with van der Waals surface area (Å²) < 4.78 is 28.7. The number of rotatable bonds is 10. The minimum absolute atomic E-state index is 0.269. The van der Waals surface area contributed by atoms with Crippen molar-refractivity contribution < 1.29 is 13.6 Å². The zero-order valence-electron chi connectivity index (χ0n) is 13.6. The maximum absolute atomic E-state index is 14.4. The van der Waals surface area contributed by atoms with Crippen molar-refractivity contribution in [1.82, 2.24) is 5.32 Å². The summed E-state index contributed by atoms with van der Waals surface area (Å²) in [4.78, 5) is 12.3. The van der Waals surface area contributed by atoms with Crippen LogP contribution in [0.5, 0.6) is 0 Å². The Balaban J connectivity index is 2.93. The zero-order valence-corrected chi connectivity index (χ0v) is 13.6. The van der Waals surface area contributed by atoms with E-state index in [0.29, 0.717) is 24.9 Å². The number of nitrogens with two attached hydrogens (primary N) is 1. The molecule has 0 bridgehead atoms. The third-order valence-corrected chi connectivity index (χ3v) is 3.96. The normalized spacial score (nSPS) is 14.1. The monoisotopic (exact) mass is 324 g/mol. The maximum Gasteiger partial charge on any atom is 0.256 e. The standard InChI is InChI=1S/C18H26F2N2O/c1-3-12-18(19,20)15(4-2)16(11-8-13-21)22-17(23)14-9-6-5-7-10-14/h3,5-7,9-10,15-16H,1,4,8,11-13,21H2,2H3,(H,22,23). The van der Waals surface area contributed by atoms with Crippen LogP contribution in [0.4, 0.5) is 8.78 Å². The summed E-state index contributed by atoms with van der Waals surface area (Å²) in [7, 11) is 0. The summed E-state index contributed by atoms with van der Waals surface area (Å²) in [5, 5.41) is 2.77. The quantitative estimate of drug-likeness (QED) is 0.644. The van der Waals surface area contributed by atoms with Crippen LogP contribution in [-0.2, 0) is 0 Å². The average Bonchev–Trinajstić information content (AvgIpc) is 2.53. The molecule has 3 N–H and O–H groups in total. The molecule has 2 atom stereocenters. The first-order valence-electron chi connectivity index (χ1n) is 8.01. The molecule has 1 aromatic rings. The van der Waals surface area contributed by atoms with Crippen molar-refractivity contribution in [3.05, 3.63) is 48.6 Å². The molecule has 0 saturated carbocycles. The molecule has 0 aliphatic rings. The van der Waals surface area contributed by atoms with Crippen LogP contribution in [0.3, 0.4) is 0 Å². The topological polar surface area (TPSA) is 55.1 Å². The number of carbonyl (C=O) groups is 1. The van der Waals surface area contributed by atoms with Crippen LogP contribution in [0, 0.1) is 5.92 Å². The number of hydrogen-bond acceptors (Lipinski definition) is 2. The van der Waals surface area contributed by atoms with Crippen LogP contribution < -0.4 is 11.1 Å². The molecule has 0 aromatic heterocycles. The summed E-state index contributed by atoms with van der Waals surface area (Å²) in [6, 6.07) is 8.00. The van der Waals surface area contributed by atoms with E-state index < -0.39 is 24.3 Å². The van der Waals surface area contributed by atoms with E-state index in [-0.39, 0.29) is 12.3 Å². The van der Waals surface area contributed by atoms with Crippen molar-refractivity contribution in [3.8, 4) is 0 Å². The van der Waals surface area contributed by atoms with Gasteiger partial charge in [-0.1, -0.05) is 31.2 Å². The number of halogens is 2. The lowest BCUT2D eigenvalue weighted by Crippen LogP contribution is -2.47. The van der Waals surface area contributed by atoms with Gasteiger partial charge in [-0.3, -0.25) is 4.79 Å². The predicted molar refractivity (Wildman–Crippen MR) is 89.5 cm³/mol. The van der Waals surface area contributed by atoms with Gasteiger partial charge in [0, 0.05) is 23.9 Å². The predicted octanol–water partition coefficient (Wildman–Crippen LogP) is 3.76. The number of allylic oxidation sites excluding steroid dienone is 1. The fraction of sp³-hybridized carbons (Fsp3) is 0.500. The van der Waals surface area contributed by atoms with E-state index in [9.17, 15) is 13.6 Å². The van der Waals surface area contributed by atoms with Gasteiger partial charge in [0.2, 0.25) is 0 Å². The van der Waals surface area contributed by atoms with Crippen LogP contribution in [0.2, 0.25) is 0 Å². The van der Waals surface area contributed by atoms with Gasteiger partial charge in [-0.05, 0) is 37.9 Å². The molecule has 0 aliphatic heterocycles. The first-order chi connectivity index (χ1) is 11.0.